The van der Waals surface area contributed by atoms with Crippen molar-refractivity contribution in [3.8, 4) is 11.5 Å². The Morgan fingerprint density at radius 3 is 2.92 bits per heavy atom. The number of ketones is 1. The third-order valence-corrected chi connectivity index (χ3v) is 5.36. The van der Waals surface area contributed by atoms with Crippen molar-refractivity contribution < 1.29 is 14.3 Å². The van der Waals surface area contributed by atoms with Crippen LogP contribution in [0.4, 0.5) is 0 Å². The lowest BCUT2D eigenvalue weighted by Gasteiger charge is -2.10. The van der Waals surface area contributed by atoms with Crippen LogP contribution in [0.1, 0.15) is 16.5 Å². The lowest BCUT2D eigenvalue weighted by molar-refractivity contribution is -0.114. The number of rotatable bonds is 6. The SMILES string of the molecule is C=CCOc1ccc(/C=C2\SC(=N)[C@H](c3nccs3)C2=O)cc1OC. The van der Waals surface area contributed by atoms with Crippen LogP contribution in [-0.4, -0.2) is 29.5 Å². The van der Waals surface area contributed by atoms with Gasteiger partial charge < -0.3 is 9.47 Å². The van der Waals surface area contributed by atoms with Gasteiger partial charge in [-0.3, -0.25) is 10.2 Å². The van der Waals surface area contributed by atoms with Crippen molar-refractivity contribution in [2.24, 2.45) is 0 Å². The van der Waals surface area contributed by atoms with Gasteiger partial charge in [-0.15, -0.1) is 11.3 Å². The summed E-state index contributed by atoms with van der Waals surface area (Å²) in [5, 5.41) is 10.9. The molecular formula is C18H16N2O3S2. The van der Waals surface area contributed by atoms with Crippen LogP contribution in [0.2, 0.25) is 0 Å². The molecule has 5 nitrogen and oxygen atoms in total. The third kappa shape index (κ3) is 3.67. The molecule has 0 unspecified atom stereocenters. The zero-order valence-corrected chi connectivity index (χ0v) is 15.2. The summed E-state index contributed by atoms with van der Waals surface area (Å²) in [6.45, 7) is 4.01. The molecule has 0 amide bonds. The summed E-state index contributed by atoms with van der Waals surface area (Å²) in [6.07, 6.45) is 5.09. The van der Waals surface area contributed by atoms with E-state index in [4.69, 9.17) is 14.9 Å². The Morgan fingerprint density at radius 1 is 1.40 bits per heavy atom. The molecule has 0 radical (unpaired) electrons. The first-order chi connectivity index (χ1) is 12.1. The molecule has 2 aromatic rings. The van der Waals surface area contributed by atoms with Crippen molar-refractivity contribution in [1.82, 2.24) is 4.98 Å². The van der Waals surface area contributed by atoms with Crippen molar-refractivity contribution in [3.63, 3.8) is 0 Å². The monoisotopic (exact) mass is 372 g/mol. The number of hydrogen-bond donors (Lipinski definition) is 1. The maximum atomic E-state index is 12.7. The Bertz CT molecular complexity index is 844. The molecule has 0 saturated carbocycles. The fourth-order valence-corrected chi connectivity index (χ4v) is 4.19. The fourth-order valence-electron chi connectivity index (χ4n) is 2.38. The smallest absolute Gasteiger partial charge is 0.186 e. The summed E-state index contributed by atoms with van der Waals surface area (Å²) in [4.78, 5) is 17.4. The molecule has 1 N–H and O–H groups in total. The van der Waals surface area contributed by atoms with Crippen LogP contribution in [0.25, 0.3) is 6.08 Å². The average molecular weight is 372 g/mol. The molecule has 1 aliphatic rings. The minimum atomic E-state index is -0.576. The number of methoxy groups -OCH3 is 1. The van der Waals surface area contributed by atoms with Gasteiger partial charge in [0.15, 0.2) is 17.3 Å². The second-order valence-corrected chi connectivity index (χ2v) is 7.16. The molecule has 1 atom stereocenters. The van der Waals surface area contributed by atoms with Gasteiger partial charge in [0, 0.05) is 11.6 Å². The Hall–Kier alpha value is -2.38. The highest BCUT2D eigenvalue weighted by molar-refractivity contribution is 8.19. The van der Waals surface area contributed by atoms with Crippen LogP contribution in [0.3, 0.4) is 0 Å². The van der Waals surface area contributed by atoms with Gasteiger partial charge in [0.2, 0.25) is 0 Å². The minimum absolute atomic E-state index is 0.0871. The summed E-state index contributed by atoms with van der Waals surface area (Å²) in [6, 6.07) is 5.45. The molecule has 128 valence electrons. The number of carbonyl (C=O) groups excluding carboxylic acids is 1. The summed E-state index contributed by atoms with van der Waals surface area (Å²) >= 11 is 2.58. The van der Waals surface area contributed by atoms with E-state index in [9.17, 15) is 4.79 Å². The van der Waals surface area contributed by atoms with E-state index in [0.29, 0.717) is 33.1 Å². The van der Waals surface area contributed by atoms with E-state index in [-0.39, 0.29) is 5.78 Å². The molecule has 2 heterocycles. The van der Waals surface area contributed by atoms with E-state index < -0.39 is 5.92 Å². The normalized spacial score (nSPS) is 18.6. The maximum absolute atomic E-state index is 12.7. The zero-order valence-electron chi connectivity index (χ0n) is 13.5. The second kappa shape index (κ2) is 7.67. The molecule has 3 rings (SSSR count). The molecule has 1 aromatic heterocycles. The quantitative estimate of drug-likeness (QED) is 0.610. The van der Waals surface area contributed by atoms with E-state index in [0.717, 1.165) is 5.56 Å². The lowest BCUT2D eigenvalue weighted by atomic mass is 10.0. The Balaban J connectivity index is 1.87. The Kier molecular flexibility index (Phi) is 5.35. The number of aromatic nitrogens is 1. The molecule has 1 saturated heterocycles. The van der Waals surface area contributed by atoms with Crippen LogP contribution in [-0.2, 0) is 4.79 Å². The number of Topliss-reactive ketones (excluding diaryl/α,β-unsaturated/α-hetero) is 1. The van der Waals surface area contributed by atoms with Crippen LogP contribution in [0, 0.1) is 5.41 Å². The molecule has 7 heteroatoms. The third-order valence-electron chi connectivity index (χ3n) is 3.53. The van der Waals surface area contributed by atoms with Gasteiger partial charge in [-0.2, -0.15) is 0 Å². The highest BCUT2D eigenvalue weighted by atomic mass is 32.2. The predicted molar refractivity (Wildman–Crippen MR) is 102 cm³/mol. The molecule has 0 aliphatic carbocycles. The van der Waals surface area contributed by atoms with Crippen molar-refractivity contribution in [2.45, 2.75) is 5.92 Å². The topological polar surface area (TPSA) is 72.3 Å². The number of nitrogens with zero attached hydrogens (tertiary/aromatic N) is 1. The molecule has 0 spiro atoms. The van der Waals surface area contributed by atoms with Crippen molar-refractivity contribution in [3.05, 3.63) is 57.9 Å². The highest BCUT2D eigenvalue weighted by Gasteiger charge is 2.38. The minimum Gasteiger partial charge on any atom is -0.493 e. The van der Waals surface area contributed by atoms with Gasteiger partial charge in [-0.05, 0) is 23.8 Å². The van der Waals surface area contributed by atoms with Gasteiger partial charge in [-0.1, -0.05) is 30.5 Å². The largest absolute Gasteiger partial charge is 0.493 e. The first kappa shape index (κ1) is 17.4. The number of ether oxygens (including phenoxy) is 2. The summed E-state index contributed by atoms with van der Waals surface area (Å²) in [5.41, 5.74) is 0.811. The lowest BCUT2D eigenvalue weighted by Crippen LogP contribution is -2.11. The summed E-state index contributed by atoms with van der Waals surface area (Å²) in [7, 11) is 1.57. The zero-order chi connectivity index (χ0) is 17.8. The van der Waals surface area contributed by atoms with Crippen molar-refractivity contribution >= 4 is 40.0 Å². The number of thiazole rings is 1. The van der Waals surface area contributed by atoms with Gasteiger partial charge in [-0.25, -0.2) is 4.98 Å². The molecule has 25 heavy (non-hydrogen) atoms. The van der Waals surface area contributed by atoms with Crippen LogP contribution >= 0.6 is 23.1 Å². The number of benzene rings is 1. The van der Waals surface area contributed by atoms with Gasteiger partial charge >= 0.3 is 0 Å². The fraction of sp³-hybridized carbons (Fsp3) is 0.167. The van der Waals surface area contributed by atoms with Crippen molar-refractivity contribution in [2.75, 3.05) is 13.7 Å². The maximum Gasteiger partial charge on any atom is 0.186 e. The number of carbonyl (C=O) groups is 1. The van der Waals surface area contributed by atoms with E-state index in [2.05, 4.69) is 11.6 Å². The predicted octanol–water partition coefficient (Wildman–Crippen LogP) is 4.13. The number of hydrogen-bond acceptors (Lipinski definition) is 7. The van der Waals surface area contributed by atoms with E-state index in [1.807, 2.05) is 11.4 Å². The molecule has 1 aromatic carbocycles. The first-order valence-electron chi connectivity index (χ1n) is 7.47. The van der Waals surface area contributed by atoms with Crippen LogP contribution in [0.5, 0.6) is 11.5 Å². The van der Waals surface area contributed by atoms with Crippen LogP contribution < -0.4 is 9.47 Å². The molecular weight excluding hydrogens is 356 g/mol. The van der Waals surface area contributed by atoms with Crippen LogP contribution in [0.15, 0.2) is 47.3 Å². The molecule has 0 bridgehead atoms. The van der Waals surface area contributed by atoms with E-state index in [1.54, 1.807) is 37.6 Å². The Morgan fingerprint density at radius 2 is 2.24 bits per heavy atom. The van der Waals surface area contributed by atoms with E-state index in [1.165, 1.54) is 23.1 Å². The second-order valence-electron chi connectivity index (χ2n) is 5.15. The molecule has 1 fully saturated rings. The number of nitrogens with one attached hydrogen (secondary N) is 1. The highest BCUT2D eigenvalue weighted by Crippen LogP contribution is 2.41. The number of allylic oxidation sites excluding steroid dienone is 1. The van der Waals surface area contributed by atoms with Gasteiger partial charge in [0.25, 0.3) is 0 Å². The van der Waals surface area contributed by atoms with Gasteiger partial charge in [0.05, 0.1) is 17.1 Å². The summed E-state index contributed by atoms with van der Waals surface area (Å²) in [5.74, 6) is 0.533. The average Bonchev–Trinajstić information content (AvgIpc) is 3.22. The van der Waals surface area contributed by atoms with Crippen molar-refractivity contribution in [1.29, 1.82) is 5.41 Å². The standard InChI is InChI=1S/C18H16N2O3S2/c1-3-7-23-12-5-4-11(9-13(12)22-2)10-14-16(21)15(17(19)25-14)18-20-6-8-24-18/h3-6,8-10,15,19H,1,7H2,2H3/b14-10-,19-17?/t15-/m1/s1. The van der Waals surface area contributed by atoms with E-state index >= 15 is 0 Å². The summed E-state index contributed by atoms with van der Waals surface area (Å²) < 4.78 is 10.9. The number of thioether (sulfide) groups is 1. The molecule has 1 aliphatic heterocycles. The first-order valence-corrected chi connectivity index (χ1v) is 9.17. The van der Waals surface area contributed by atoms with Gasteiger partial charge in [0.1, 0.15) is 17.5 Å². The Labute approximate surface area is 153 Å².